The molecule has 0 spiro atoms. The van der Waals surface area contributed by atoms with E-state index < -0.39 is 0 Å². The Kier molecular flexibility index (Phi) is 3.71. The van der Waals surface area contributed by atoms with E-state index in [9.17, 15) is 5.11 Å². The van der Waals surface area contributed by atoms with Crippen LogP contribution in [0, 0.1) is 0 Å². The van der Waals surface area contributed by atoms with Crippen LogP contribution in [-0.4, -0.2) is 22.2 Å². The van der Waals surface area contributed by atoms with Crippen molar-refractivity contribution in [2.24, 2.45) is 0 Å². The highest BCUT2D eigenvalue weighted by Crippen LogP contribution is 2.15. The molecule has 1 rings (SSSR count). The fraction of sp³-hybridized carbons (Fsp3) is 0.500. The lowest BCUT2D eigenvalue weighted by molar-refractivity contribution is 0.154. The number of aliphatic hydroxyl groups excluding tert-OH is 1. The lowest BCUT2D eigenvalue weighted by atomic mass is 10.1. The number of hydrogen-bond acceptors (Lipinski definition) is 4. The number of nitrogens with zero attached hydrogens (tertiary/aromatic N) is 1. The monoisotopic (exact) mass is 195 g/mol. The number of pyridine rings is 1. The first-order valence-corrected chi connectivity index (χ1v) is 4.80. The summed E-state index contributed by atoms with van der Waals surface area (Å²) in [5.74, 6) is 0.632. The maximum absolute atomic E-state index is 9.55. The zero-order valence-corrected chi connectivity index (χ0v) is 8.57. The van der Waals surface area contributed by atoms with Gasteiger partial charge in [-0.05, 0) is 25.5 Å². The van der Waals surface area contributed by atoms with Crippen molar-refractivity contribution in [1.82, 2.24) is 4.98 Å². The predicted octanol–water partition coefficient (Wildman–Crippen LogP) is 1.24. The number of aliphatic hydroxyl groups is 1. The third-order valence-electron chi connectivity index (χ3n) is 2.20. The quantitative estimate of drug-likeness (QED) is 0.676. The van der Waals surface area contributed by atoms with Crippen LogP contribution < -0.4 is 11.1 Å². The molecular weight excluding hydrogens is 178 g/mol. The summed E-state index contributed by atoms with van der Waals surface area (Å²) in [6.07, 6.45) is 2.00. The second kappa shape index (κ2) is 4.81. The number of aromatic nitrogens is 1. The predicted molar refractivity (Wildman–Crippen MR) is 58.0 cm³/mol. The van der Waals surface area contributed by atoms with Crippen molar-refractivity contribution in [3.8, 4) is 0 Å². The van der Waals surface area contributed by atoms with E-state index >= 15 is 0 Å². The van der Waals surface area contributed by atoms with Crippen LogP contribution >= 0.6 is 0 Å². The first-order chi connectivity index (χ1) is 6.65. The SMILES string of the molecule is CCC(O)C(C)Nc1ncccc1N. The normalized spacial score (nSPS) is 14.8. The van der Waals surface area contributed by atoms with Gasteiger partial charge in [0.1, 0.15) is 5.82 Å². The molecule has 78 valence electrons. The van der Waals surface area contributed by atoms with Gasteiger partial charge in [-0.2, -0.15) is 0 Å². The number of nitrogens with two attached hydrogens (primary N) is 1. The van der Waals surface area contributed by atoms with Gasteiger partial charge in [-0.1, -0.05) is 6.92 Å². The van der Waals surface area contributed by atoms with Gasteiger partial charge in [0.25, 0.3) is 0 Å². The van der Waals surface area contributed by atoms with Gasteiger partial charge >= 0.3 is 0 Å². The summed E-state index contributed by atoms with van der Waals surface area (Å²) >= 11 is 0. The van der Waals surface area contributed by atoms with Gasteiger partial charge < -0.3 is 16.2 Å². The molecule has 0 saturated carbocycles. The first-order valence-electron chi connectivity index (χ1n) is 4.80. The highest BCUT2D eigenvalue weighted by Gasteiger charge is 2.12. The molecule has 0 aliphatic heterocycles. The summed E-state index contributed by atoms with van der Waals surface area (Å²) in [5, 5.41) is 12.6. The number of nitrogens with one attached hydrogen (secondary N) is 1. The van der Waals surface area contributed by atoms with Crippen molar-refractivity contribution in [2.75, 3.05) is 11.1 Å². The zero-order valence-electron chi connectivity index (χ0n) is 8.57. The van der Waals surface area contributed by atoms with E-state index in [-0.39, 0.29) is 12.1 Å². The van der Waals surface area contributed by atoms with Crippen molar-refractivity contribution in [3.63, 3.8) is 0 Å². The molecule has 2 unspecified atom stereocenters. The van der Waals surface area contributed by atoms with Crippen LogP contribution in [0.2, 0.25) is 0 Å². The van der Waals surface area contributed by atoms with Gasteiger partial charge in [0.2, 0.25) is 0 Å². The summed E-state index contributed by atoms with van der Waals surface area (Å²) in [5.41, 5.74) is 6.30. The van der Waals surface area contributed by atoms with Gasteiger partial charge in [0.15, 0.2) is 0 Å². The number of anilines is 2. The van der Waals surface area contributed by atoms with Crippen molar-refractivity contribution in [1.29, 1.82) is 0 Å². The third kappa shape index (κ3) is 2.60. The topological polar surface area (TPSA) is 71.2 Å². The highest BCUT2D eigenvalue weighted by molar-refractivity contribution is 5.60. The molecule has 0 radical (unpaired) electrons. The van der Waals surface area contributed by atoms with E-state index in [0.29, 0.717) is 17.9 Å². The van der Waals surface area contributed by atoms with Crippen molar-refractivity contribution < 1.29 is 5.11 Å². The summed E-state index contributed by atoms with van der Waals surface area (Å²) in [6, 6.07) is 3.51. The van der Waals surface area contributed by atoms with Gasteiger partial charge in [-0.3, -0.25) is 0 Å². The summed E-state index contributed by atoms with van der Waals surface area (Å²) in [7, 11) is 0. The molecule has 0 aliphatic rings. The Morgan fingerprint density at radius 3 is 2.93 bits per heavy atom. The molecule has 4 heteroatoms. The second-order valence-electron chi connectivity index (χ2n) is 3.35. The summed E-state index contributed by atoms with van der Waals surface area (Å²) in [4.78, 5) is 4.09. The molecule has 0 amide bonds. The van der Waals surface area contributed by atoms with Gasteiger partial charge in [0.05, 0.1) is 17.8 Å². The first kappa shape index (κ1) is 10.8. The molecule has 4 nitrogen and oxygen atoms in total. The van der Waals surface area contributed by atoms with Crippen LogP contribution in [0.3, 0.4) is 0 Å². The van der Waals surface area contributed by atoms with Crippen LogP contribution in [-0.2, 0) is 0 Å². The standard InChI is InChI=1S/C10H17N3O/c1-3-9(14)7(2)13-10-8(11)5-4-6-12-10/h4-7,9,14H,3,11H2,1-2H3,(H,12,13). The van der Waals surface area contributed by atoms with E-state index in [1.807, 2.05) is 13.8 Å². The van der Waals surface area contributed by atoms with Crippen LogP contribution in [0.25, 0.3) is 0 Å². The number of nitrogen functional groups attached to an aromatic ring is 1. The summed E-state index contributed by atoms with van der Waals surface area (Å²) in [6.45, 7) is 3.84. The number of hydrogen-bond donors (Lipinski definition) is 3. The summed E-state index contributed by atoms with van der Waals surface area (Å²) < 4.78 is 0. The molecule has 1 aromatic heterocycles. The van der Waals surface area contributed by atoms with Crippen LogP contribution in [0.5, 0.6) is 0 Å². The Balaban J connectivity index is 2.64. The van der Waals surface area contributed by atoms with Gasteiger partial charge in [-0.25, -0.2) is 4.98 Å². The molecule has 14 heavy (non-hydrogen) atoms. The Morgan fingerprint density at radius 2 is 2.36 bits per heavy atom. The second-order valence-corrected chi connectivity index (χ2v) is 3.35. The lowest BCUT2D eigenvalue weighted by Gasteiger charge is -2.20. The highest BCUT2D eigenvalue weighted by atomic mass is 16.3. The smallest absolute Gasteiger partial charge is 0.149 e. The zero-order chi connectivity index (χ0) is 10.6. The van der Waals surface area contributed by atoms with Crippen molar-refractivity contribution >= 4 is 11.5 Å². The molecule has 0 aromatic carbocycles. The maximum atomic E-state index is 9.55. The number of rotatable bonds is 4. The Hall–Kier alpha value is -1.29. The minimum absolute atomic E-state index is 0.0443. The molecule has 0 fully saturated rings. The minimum Gasteiger partial charge on any atom is -0.396 e. The van der Waals surface area contributed by atoms with Crippen LogP contribution in [0.1, 0.15) is 20.3 Å². The molecule has 0 aliphatic carbocycles. The third-order valence-corrected chi connectivity index (χ3v) is 2.20. The van der Waals surface area contributed by atoms with Crippen LogP contribution in [0.4, 0.5) is 11.5 Å². The maximum Gasteiger partial charge on any atom is 0.149 e. The average molecular weight is 195 g/mol. The molecule has 1 heterocycles. The molecule has 1 aromatic rings. The lowest BCUT2D eigenvalue weighted by Crippen LogP contribution is -2.30. The Bertz CT molecular complexity index is 290. The van der Waals surface area contributed by atoms with Crippen molar-refractivity contribution in [2.45, 2.75) is 32.4 Å². The minimum atomic E-state index is -0.378. The van der Waals surface area contributed by atoms with Gasteiger partial charge in [0, 0.05) is 6.20 Å². The van der Waals surface area contributed by atoms with E-state index in [1.54, 1.807) is 18.3 Å². The molecular formula is C10H17N3O. The van der Waals surface area contributed by atoms with Crippen molar-refractivity contribution in [3.05, 3.63) is 18.3 Å². The van der Waals surface area contributed by atoms with E-state index in [0.717, 1.165) is 0 Å². The van der Waals surface area contributed by atoms with E-state index in [1.165, 1.54) is 0 Å². The fourth-order valence-electron chi connectivity index (χ4n) is 1.20. The van der Waals surface area contributed by atoms with Gasteiger partial charge in [-0.15, -0.1) is 0 Å². The molecule has 0 bridgehead atoms. The fourth-order valence-corrected chi connectivity index (χ4v) is 1.20. The Morgan fingerprint density at radius 1 is 1.64 bits per heavy atom. The van der Waals surface area contributed by atoms with Crippen LogP contribution in [0.15, 0.2) is 18.3 Å². The molecule has 0 saturated heterocycles. The average Bonchev–Trinajstić information content (AvgIpc) is 2.20. The largest absolute Gasteiger partial charge is 0.396 e. The van der Waals surface area contributed by atoms with E-state index in [4.69, 9.17) is 5.73 Å². The Labute approximate surface area is 84.2 Å². The molecule has 2 atom stereocenters. The van der Waals surface area contributed by atoms with E-state index in [2.05, 4.69) is 10.3 Å². The molecule has 4 N–H and O–H groups in total.